The molecule has 3 atom stereocenters. The van der Waals surface area contributed by atoms with Gasteiger partial charge in [0.05, 0.1) is 39.9 Å². The normalized spacial score (nSPS) is 14.6. The number of unbranched alkanes of at least 4 members (excludes halogenated alkanes) is 25. The first-order valence-electron chi connectivity index (χ1n) is 22.2. The third-order valence-electron chi connectivity index (χ3n) is 9.91. The third-order valence-corrected chi connectivity index (χ3v) is 10.9. The molecular weight excluding hydrogens is 683 g/mol. The van der Waals surface area contributed by atoms with Gasteiger partial charge in [0.2, 0.25) is 5.91 Å². The van der Waals surface area contributed by atoms with E-state index in [1.165, 1.54) is 141 Å². The van der Waals surface area contributed by atoms with E-state index >= 15 is 0 Å². The molecule has 53 heavy (non-hydrogen) atoms. The lowest BCUT2D eigenvalue weighted by atomic mass is 10.0. The van der Waals surface area contributed by atoms with Crippen molar-refractivity contribution in [1.82, 2.24) is 5.32 Å². The molecule has 0 aliphatic carbocycles. The fourth-order valence-electron chi connectivity index (χ4n) is 6.34. The minimum absolute atomic E-state index is 0.00431. The summed E-state index contributed by atoms with van der Waals surface area (Å²) in [6.45, 7) is 4.63. The van der Waals surface area contributed by atoms with E-state index in [1.807, 2.05) is 27.2 Å². The van der Waals surface area contributed by atoms with Gasteiger partial charge in [0, 0.05) is 6.42 Å². The molecule has 0 aromatic carbocycles. The Morgan fingerprint density at radius 2 is 1.06 bits per heavy atom. The van der Waals surface area contributed by atoms with E-state index < -0.39 is 20.0 Å². The molecule has 0 saturated heterocycles. The van der Waals surface area contributed by atoms with Crippen molar-refractivity contribution in [3.05, 3.63) is 24.3 Å². The molecule has 1 amide bonds. The number of quaternary nitrogens is 1. The Morgan fingerprint density at radius 1 is 0.642 bits per heavy atom. The number of aliphatic hydroxyl groups excluding tert-OH is 1. The summed E-state index contributed by atoms with van der Waals surface area (Å²) in [5, 5.41) is 13.7. The smallest absolute Gasteiger partial charge is 0.268 e. The first-order valence-corrected chi connectivity index (χ1v) is 23.7. The number of amides is 1. The van der Waals surface area contributed by atoms with Crippen molar-refractivity contribution in [1.29, 1.82) is 0 Å². The van der Waals surface area contributed by atoms with Crippen molar-refractivity contribution in [3.63, 3.8) is 0 Å². The van der Waals surface area contributed by atoms with Crippen molar-refractivity contribution < 1.29 is 32.9 Å². The Kier molecular flexibility index (Phi) is 35.9. The van der Waals surface area contributed by atoms with Gasteiger partial charge >= 0.3 is 0 Å². The van der Waals surface area contributed by atoms with E-state index in [9.17, 15) is 19.4 Å². The van der Waals surface area contributed by atoms with Gasteiger partial charge in [0.25, 0.3) is 7.82 Å². The molecule has 8 nitrogen and oxygen atoms in total. The minimum atomic E-state index is -4.59. The van der Waals surface area contributed by atoms with E-state index in [4.69, 9.17) is 9.05 Å². The number of carbonyl (C=O) groups excluding carboxylic acids is 1. The van der Waals surface area contributed by atoms with Crippen LogP contribution in [0.3, 0.4) is 0 Å². The van der Waals surface area contributed by atoms with Crippen LogP contribution in [0.2, 0.25) is 0 Å². The lowest BCUT2D eigenvalue weighted by molar-refractivity contribution is -0.870. The number of hydrogen-bond donors (Lipinski definition) is 2. The van der Waals surface area contributed by atoms with E-state index in [2.05, 4.69) is 31.3 Å². The molecule has 0 fully saturated rings. The zero-order chi connectivity index (χ0) is 39.3. The number of nitrogens with one attached hydrogen (secondary N) is 1. The molecule has 0 aromatic rings. The molecule has 3 unspecified atom stereocenters. The molecule has 0 aromatic heterocycles. The fraction of sp³-hybridized carbons (Fsp3) is 0.886. The van der Waals surface area contributed by atoms with E-state index in [1.54, 1.807) is 6.08 Å². The molecule has 0 spiro atoms. The molecule has 2 N–H and O–H groups in total. The van der Waals surface area contributed by atoms with Crippen molar-refractivity contribution in [2.75, 3.05) is 40.9 Å². The number of phosphoric acid groups is 1. The third kappa shape index (κ3) is 39.0. The predicted octanol–water partition coefficient (Wildman–Crippen LogP) is 11.5. The molecule has 0 aliphatic heterocycles. The van der Waals surface area contributed by atoms with Crippen LogP contribution in [0.5, 0.6) is 0 Å². The second-order valence-electron chi connectivity index (χ2n) is 16.4. The number of hydrogen-bond acceptors (Lipinski definition) is 6. The maximum absolute atomic E-state index is 12.8. The van der Waals surface area contributed by atoms with Crippen LogP contribution in [0.25, 0.3) is 0 Å². The van der Waals surface area contributed by atoms with Crippen molar-refractivity contribution in [3.8, 4) is 0 Å². The Hall–Kier alpha value is -1.02. The Bertz CT molecular complexity index is 922. The largest absolute Gasteiger partial charge is 0.756 e. The molecule has 0 radical (unpaired) electrons. The average Bonchev–Trinajstić information content (AvgIpc) is 3.10. The lowest BCUT2D eigenvalue weighted by Crippen LogP contribution is -2.45. The molecule has 0 bridgehead atoms. The summed E-state index contributed by atoms with van der Waals surface area (Å²) in [5.74, 6) is -0.206. The molecule has 0 rings (SSSR count). The number of rotatable bonds is 40. The Labute approximate surface area is 328 Å². The van der Waals surface area contributed by atoms with Gasteiger partial charge in [0.15, 0.2) is 0 Å². The monoisotopic (exact) mass is 771 g/mol. The first-order chi connectivity index (χ1) is 25.5. The summed E-state index contributed by atoms with van der Waals surface area (Å²) in [4.78, 5) is 25.3. The molecule has 0 aliphatic rings. The van der Waals surface area contributed by atoms with Crippen LogP contribution >= 0.6 is 7.82 Å². The second-order valence-corrected chi connectivity index (χ2v) is 17.8. The topological polar surface area (TPSA) is 108 Å². The number of phosphoric ester groups is 1. The molecule has 314 valence electrons. The van der Waals surface area contributed by atoms with Crippen LogP contribution in [-0.4, -0.2) is 68.5 Å². The SMILES string of the molecule is CCCCCCCCCCCCC/C=C/CC/C=C/C(O)C(COP(=O)([O-])OCC[N+](C)(C)C)NC(=O)CCCCCCCCCCCCCCCC. The van der Waals surface area contributed by atoms with Gasteiger partial charge in [-0.1, -0.05) is 186 Å². The second kappa shape index (κ2) is 36.6. The molecular formula is C44H87N2O6P. The van der Waals surface area contributed by atoms with Crippen LogP contribution in [0.4, 0.5) is 0 Å². The van der Waals surface area contributed by atoms with Gasteiger partial charge in [-0.3, -0.25) is 9.36 Å². The number of nitrogens with zero attached hydrogens (tertiary/aromatic N) is 1. The standard InChI is InChI=1S/C44H87N2O6P/c1-6-8-10-12-14-16-18-20-22-23-24-25-27-29-31-33-35-37-43(47)42(41-52-53(49,50)51-40-39-46(3,4)5)45-44(48)38-36-34-32-30-28-26-21-19-17-15-13-11-9-7-2/h27,29,35,37,42-43,47H,6-26,28,30-34,36,38-41H2,1-5H3,(H-,45,48,49,50)/b29-27+,37-35+. The summed E-state index contributed by atoms with van der Waals surface area (Å²) in [5.41, 5.74) is 0. The number of carbonyl (C=O) groups is 1. The highest BCUT2D eigenvalue weighted by Crippen LogP contribution is 2.38. The molecule has 0 heterocycles. The van der Waals surface area contributed by atoms with E-state index in [0.717, 1.165) is 38.5 Å². The van der Waals surface area contributed by atoms with Gasteiger partial charge in [-0.2, -0.15) is 0 Å². The van der Waals surface area contributed by atoms with Gasteiger partial charge in [0.1, 0.15) is 13.2 Å². The van der Waals surface area contributed by atoms with Gasteiger partial charge in [-0.25, -0.2) is 0 Å². The van der Waals surface area contributed by atoms with Crippen LogP contribution in [-0.2, 0) is 18.4 Å². The highest BCUT2D eigenvalue weighted by Gasteiger charge is 2.23. The average molecular weight is 771 g/mol. The summed E-state index contributed by atoms with van der Waals surface area (Å²) in [6.07, 6.45) is 42.2. The van der Waals surface area contributed by atoms with Gasteiger partial charge < -0.3 is 28.8 Å². The first kappa shape index (κ1) is 52.0. The summed E-state index contributed by atoms with van der Waals surface area (Å²) >= 11 is 0. The van der Waals surface area contributed by atoms with Crippen LogP contribution < -0.4 is 10.2 Å². The summed E-state index contributed by atoms with van der Waals surface area (Å²) in [6, 6.07) is -0.897. The van der Waals surface area contributed by atoms with Gasteiger partial charge in [-0.15, -0.1) is 0 Å². The Balaban J connectivity index is 4.47. The lowest BCUT2D eigenvalue weighted by Gasteiger charge is -2.29. The van der Waals surface area contributed by atoms with Crippen molar-refractivity contribution in [2.24, 2.45) is 0 Å². The summed E-state index contributed by atoms with van der Waals surface area (Å²) < 4.78 is 23.2. The zero-order valence-electron chi connectivity index (χ0n) is 35.5. The summed E-state index contributed by atoms with van der Waals surface area (Å²) in [7, 11) is 1.25. The van der Waals surface area contributed by atoms with Crippen LogP contribution in [0.15, 0.2) is 24.3 Å². The van der Waals surface area contributed by atoms with Crippen molar-refractivity contribution in [2.45, 2.75) is 212 Å². The maximum atomic E-state index is 12.8. The van der Waals surface area contributed by atoms with E-state index in [-0.39, 0.29) is 19.1 Å². The predicted molar refractivity (Wildman–Crippen MR) is 224 cm³/mol. The number of aliphatic hydroxyl groups is 1. The number of allylic oxidation sites excluding steroid dienone is 3. The minimum Gasteiger partial charge on any atom is -0.756 e. The molecule has 0 saturated carbocycles. The maximum Gasteiger partial charge on any atom is 0.268 e. The highest BCUT2D eigenvalue weighted by atomic mass is 31.2. The van der Waals surface area contributed by atoms with E-state index in [0.29, 0.717) is 17.4 Å². The number of likely N-dealkylation sites (N-methyl/N-ethyl adjacent to an activating group) is 1. The quantitative estimate of drug-likeness (QED) is 0.0278. The molecule has 9 heteroatoms. The van der Waals surface area contributed by atoms with Crippen LogP contribution in [0.1, 0.15) is 200 Å². The zero-order valence-corrected chi connectivity index (χ0v) is 36.4. The Morgan fingerprint density at radius 3 is 1.53 bits per heavy atom. The van der Waals surface area contributed by atoms with Crippen LogP contribution in [0, 0.1) is 0 Å². The van der Waals surface area contributed by atoms with Crippen molar-refractivity contribution >= 4 is 13.7 Å². The fourth-order valence-corrected chi connectivity index (χ4v) is 7.07. The highest BCUT2D eigenvalue weighted by molar-refractivity contribution is 7.45. The van der Waals surface area contributed by atoms with Gasteiger partial charge in [-0.05, 0) is 32.1 Å².